The average molecular weight is 481 g/mol. The third-order valence-corrected chi connectivity index (χ3v) is 7.58. The molecule has 1 aliphatic heterocycles. The average Bonchev–Trinajstić information content (AvgIpc) is 2.75. The van der Waals surface area contributed by atoms with Crippen LogP contribution in [0.5, 0.6) is 5.75 Å². The second-order valence-electron chi connectivity index (χ2n) is 9.01. The van der Waals surface area contributed by atoms with Crippen molar-refractivity contribution in [2.75, 3.05) is 40.5 Å². The number of benzene rings is 1. The number of aliphatic hydroxyl groups excluding tert-OH is 1. The molecule has 0 bridgehead atoms. The normalized spacial score (nSPS) is 21.1. The van der Waals surface area contributed by atoms with Crippen LogP contribution in [0.1, 0.15) is 39.7 Å². The van der Waals surface area contributed by atoms with Gasteiger partial charge in [0.05, 0.1) is 13.2 Å². The van der Waals surface area contributed by atoms with E-state index in [1.165, 1.54) is 22.4 Å². The second-order valence-corrected chi connectivity index (χ2v) is 10.9. The number of nitrogens with zero attached hydrogens (tertiary/aromatic N) is 2. The Kier molecular flexibility index (Phi) is 9.73. The lowest BCUT2D eigenvalue weighted by Gasteiger charge is -2.37. The molecule has 0 fully saturated rings. The number of sulfonamides is 1. The number of ether oxygens (including phenoxy) is 2. The largest absolute Gasteiger partial charge is 0.487 e. The fraction of sp³-hybridized carbons (Fsp3) is 0.625. The van der Waals surface area contributed by atoms with Crippen LogP contribution >= 0.6 is 0 Å². The van der Waals surface area contributed by atoms with Gasteiger partial charge in [-0.3, -0.25) is 4.79 Å². The summed E-state index contributed by atoms with van der Waals surface area (Å²) >= 11 is 0. The van der Waals surface area contributed by atoms with Crippen molar-refractivity contribution in [3.8, 4) is 17.6 Å². The number of fused-ring (bicyclic) bond motifs is 1. The van der Waals surface area contributed by atoms with E-state index in [-0.39, 0.29) is 48.8 Å². The van der Waals surface area contributed by atoms with Crippen molar-refractivity contribution >= 4 is 15.9 Å². The van der Waals surface area contributed by atoms with Crippen LogP contribution in [0.2, 0.25) is 0 Å². The maximum atomic E-state index is 13.5. The van der Waals surface area contributed by atoms with Crippen LogP contribution in [0.4, 0.5) is 0 Å². The molecule has 0 unspecified atom stereocenters. The predicted octanol–water partition coefficient (Wildman–Crippen LogP) is 1.96. The highest BCUT2D eigenvalue weighted by Gasteiger charge is 2.38. The van der Waals surface area contributed by atoms with E-state index in [4.69, 9.17) is 9.47 Å². The molecule has 1 amide bonds. The van der Waals surface area contributed by atoms with E-state index in [2.05, 4.69) is 25.7 Å². The number of likely N-dealkylation sites (N-methyl/N-ethyl adjacent to an activating group) is 1. The Balaban J connectivity index is 2.52. The molecule has 0 spiro atoms. The molecular formula is C24H36N2O6S. The van der Waals surface area contributed by atoms with E-state index in [0.717, 1.165) is 6.42 Å². The quantitative estimate of drug-likeness (QED) is 0.600. The molecule has 0 saturated carbocycles. The first-order chi connectivity index (χ1) is 15.5. The minimum Gasteiger partial charge on any atom is -0.487 e. The van der Waals surface area contributed by atoms with Crippen LogP contribution < -0.4 is 4.74 Å². The van der Waals surface area contributed by atoms with Crippen molar-refractivity contribution in [3.05, 3.63) is 23.8 Å². The zero-order chi connectivity index (χ0) is 24.8. The van der Waals surface area contributed by atoms with Gasteiger partial charge in [0.1, 0.15) is 23.4 Å². The molecule has 2 rings (SSSR count). The molecule has 33 heavy (non-hydrogen) atoms. The van der Waals surface area contributed by atoms with Crippen molar-refractivity contribution in [2.45, 2.75) is 51.2 Å². The molecule has 184 valence electrons. The van der Waals surface area contributed by atoms with Crippen LogP contribution in [0.3, 0.4) is 0 Å². The maximum Gasteiger partial charge on any atom is 0.248 e. The first-order valence-electron chi connectivity index (χ1n) is 11.2. The van der Waals surface area contributed by atoms with Gasteiger partial charge >= 0.3 is 0 Å². The Morgan fingerprint density at radius 3 is 2.67 bits per heavy atom. The summed E-state index contributed by atoms with van der Waals surface area (Å²) in [7, 11) is -0.796. The summed E-state index contributed by atoms with van der Waals surface area (Å²) in [6.07, 6.45) is 0.252. The van der Waals surface area contributed by atoms with Crippen LogP contribution in [0.25, 0.3) is 0 Å². The highest BCUT2D eigenvalue weighted by atomic mass is 32.2. The van der Waals surface area contributed by atoms with E-state index < -0.39 is 22.2 Å². The van der Waals surface area contributed by atoms with E-state index in [1.807, 2.05) is 6.92 Å². The number of rotatable bonds is 7. The van der Waals surface area contributed by atoms with Gasteiger partial charge in [0.2, 0.25) is 15.9 Å². The second kappa shape index (κ2) is 11.8. The van der Waals surface area contributed by atoms with Gasteiger partial charge in [-0.05, 0) is 31.0 Å². The molecule has 9 heteroatoms. The molecule has 1 N–H and O–H groups in total. The van der Waals surface area contributed by atoms with Gasteiger partial charge in [-0.2, -0.15) is 4.31 Å². The standard InChI is InChI=1S/C24H36N2O6S/c1-17(2)8-7-9-20-10-11-23-21(12-20)32-22(14-25(5)24(28)16-31-6)18(3)13-26(19(4)15-27)33(23,29)30/h10-12,17-19,22,27H,8,13-16H2,1-6H3/t18-,19+,22-/m0/s1. The van der Waals surface area contributed by atoms with Crippen LogP contribution in [-0.4, -0.2) is 81.2 Å². The summed E-state index contributed by atoms with van der Waals surface area (Å²) in [4.78, 5) is 13.8. The van der Waals surface area contributed by atoms with E-state index in [1.54, 1.807) is 26.1 Å². The lowest BCUT2D eigenvalue weighted by Crippen LogP contribution is -2.50. The van der Waals surface area contributed by atoms with Gasteiger partial charge in [-0.1, -0.05) is 32.6 Å². The number of hydrogen-bond acceptors (Lipinski definition) is 6. The Morgan fingerprint density at radius 2 is 2.06 bits per heavy atom. The van der Waals surface area contributed by atoms with Gasteiger partial charge < -0.3 is 19.5 Å². The van der Waals surface area contributed by atoms with Crippen molar-refractivity contribution < 1.29 is 27.8 Å². The van der Waals surface area contributed by atoms with Crippen molar-refractivity contribution in [1.29, 1.82) is 0 Å². The van der Waals surface area contributed by atoms with E-state index in [9.17, 15) is 18.3 Å². The fourth-order valence-corrected chi connectivity index (χ4v) is 5.31. The van der Waals surface area contributed by atoms with Gasteiger partial charge in [-0.25, -0.2) is 8.42 Å². The molecular weight excluding hydrogens is 444 g/mol. The summed E-state index contributed by atoms with van der Waals surface area (Å²) in [6.45, 7) is 7.75. The monoisotopic (exact) mass is 480 g/mol. The van der Waals surface area contributed by atoms with Gasteiger partial charge in [0, 0.05) is 44.6 Å². The van der Waals surface area contributed by atoms with Crippen molar-refractivity contribution in [2.24, 2.45) is 11.8 Å². The first-order valence-corrected chi connectivity index (χ1v) is 12.6. The highest BCUT2D eigenvalue weighted by Crippen LogP contribution is 2.34. The Hall–Kier alpha value is -2.12. The zero-order valence-electron chi connectivity index (χ0n) is 20.4. The number of methoxy groups -OCH3 is 1. The lowest BCUT2D eigenvalue weighted by molar-refractivity contribution is -0.135. The number of amides is 1. The number of hydrogen-bond donors (Lipinski definition) is 1. The summed E-state index contributed by atoms with van der Waals surface area (Å²) in [5, 5.41) is 9.72. The van der Waals surface area contributed by atoms with Crippen LogP contribution in [-0.2, 0) is 19.6 Å². The van der Waals surface area contributed by atoms with Crippen LogP contribution in [0, 0.1) is 23.7 Å². The minimum absolute atomic E-state index is 0.0278. The summed E-state index contributed by atoms with van der Waals surface area (Å²) in [6, 6.07) is 4.21. The third-order valence-electron chi connectivity index (χ3n) is 5.56. The Bertz CT molecular complexity index is 982. The van der Waals surface area contributed by atoms with Crippen molar-refractivity contribution in [3.63, 3.8) is 0 Å². The summed E-state index contributed by atoms with van der Waals surface area (Å²) < 4.78 is 39.5. The lowest BCUT2D eigenvalue weighted by atomic mass is 10.0. The van der Waals surface area contributed by atoms with Crippen LogP contribution in [0.15, 0.2) is 23.1 Å². The molecule has 0 aromatic heterocycles. The Morgan fingerprint density at radius 1 is 1.36 bits per heavy atom. The molecule has 1 heterocycles. The van der Waals surface area contributed by atoms with E-state index >= 15 is 0 Å². The molecule has 3 atom stereocenters. The maximum absolute atomic E-state index is 13.5. The number of carbonyl (C=O) groups is 1. The van der Waals surface area contributed by atoms with Gasteiger partial charge in [-0.15, -0.1) is 0 Å². The molecule has 1 aliphatic rings. The molecule has 0 radical (unpaired) electrons. The SMILES string of the molecule is COCC(=O)N(C)C[C@@H]1Oc2cc(C#CCC(C)C)ccc2S(=O)(=O)N([C@H](C)CO)C[C@@H]1C. The topological polar surface area (TPSA) is 96.4 Å². The Labute approximate surface area is 197 Å². The smallest absolute Gasteiger partial charge is 0.248 e. The van der Waals surface area contributed by atoms with Gasteiger partial charge in [0.15, 0.2) is 0 Å². The third kappa shape index (κ3) is 6.93. The molecule has 0 saturated heterocycles. The van der Waals surface area contributed by atoms with E-state index in [0.29, 0.717) is 11.5 Å². The highest BCUT2D eigenvalue weighted by molar-refractivity contribution is 7.89. The fourth-order valence-electron chi connectivity index (χ4n) is 3.48. The molecule has 1 aromatic carbocycles. The molecule has 8 nitrogen and oxygen atoms in total. The zero-order valence-corrected chi connectivity index (χ0v) is 21.2. The van der Waals surface area contributed by atoms with Gasteiger partial charge in [0.25, 0.3) is 0 Å². The predicted molar refractivity (Wildman–Crippen MR) is 126 cm³/mol. The summed E-state index contributed by atoms with van der Waals surface area (Å²) in [5.41, 5.74) is 0.655. The van der Waals surface area contributed by atoms with Crippen molar-refractivity contribution in [1.82, 2.24) is 9.21 Å². The molecule has 0 aliphatic carbocycles. The minimum atomic E-state index is -3.91. The number of carbonyl (C=O) groups excluding carboxylic acids is 1. The summed E-state index contributed by atoms with van der Waals surface area (Å²) in [5.74, 6) is 6.36. The molecule has 1 aromatic rings. The number of aliphatic hydroxyl groups is 1. The first kappa shape index (κ1) is 27.1.